The number of para-hydroxylation sites is 4. The Morgan fingerprint density at radius 1 is 0.413 bits per heavy atom. The van der Waals surface area contributed by atoms with E-state index in [9.17, 15) is 10.5 Å². The quantitative estimate of drug-likeness (QED) is 0.190. The molecular weight excluding hydrogens is 560 g/mol. The summed E-state index contributed by atoms with van der Waals surface area (Å²) in [6.07, 6.45) is 1.54. The lowest BCUT2D eigenvalue weighted by Crippen LogP contribution is -2.11. The van der Waals surface area contributed by atoms with Crippen molar-refractivity contribution in [3.8, 4) is 23.5 Å². The van der Waals surface area contributed by atoms with Crippen molar-refractivity contribution in [2.75, 3.05) is 0 Å². The minimum atomic E-state index is 0.645. The second-order valence-corrected chi connectivity index (χ2v) is 12.2. The Hall–Kier alpha value is -6.36. The van der Waals surface area contributed by atoms with E-state index >= 15 is 0 Å². The van der Waals surface area contributed by atoms with Gasteiger partial charge in [-0.05, 0) is 71.1 Å². The summed E-state index contributed by atoms with van der Waals surface area (Å²) < 4.78 is 4.65. The Morgan fingerprint density at radius 2 is 0.826 bits per heavy atom. The smallest absolute Gasteiger partial charge is 0.0998 e. The molecule has 46 heavy (non-hydrogen) atoms. The van der Waals surface area contributed by atoms with E-state index in [2.05, 4.69) is 143 Å². The second kappa shape index (κ2) is 9.08. The van der Waals surface area contributed by atoms with Gasteiger partial charge in [-0.2, -0.15) is 10.5 Å². The van der Waals surface area contributed by atoms with Crippen molar-refractivity contribution < 1.29 is 0 Å². The summed E-state index contributed by atoms with van der Waals surface area (Å²) in [5, 5.41) is 30.1. The maximum absolute atomic E-state index is 10.6. The maximum atomic E-state index is 10.6. The van der Waals surface area contributed by atoms with Gasteiger partial charge in [-0.25, -0.2) is 0 Å². The third kappa shape index (κ3) is 3.10. The van der Waals surface area contributed by atoms with Crippen LogP contribution in [0.4, 0.5) is 0 Å². The van der Waals surface area contributed by atoms with Crippen molar-refractivity contribution >= 4 is 65.2 Å². The molecule has 2 heterocycles. The average molecular weight is 585 g/mol. The lowest BCUT2D eigenvalue weighted by atomic mass is 9.81. The van der Waals surface area contributed by atoms with E-state index in [0.717, 1.165) is 73.4 Å². The molecule has 0 aliphatic heterocycles. The first-order valence-corrected chi connectivity index (χ1v) is 15.6. The van der Waals surface area contributed by atoms with Gasteiger partial charge in [-0.1, -0.05) is 84.9 Å². The van der Waals surface area contributed by atoms with Crippen LogP contribution in [0.15, 0.2) is 121 Å². The zero-order chi connectivity index (χ0) is 30.5. The standard InChI is InChI=1S/C42H24N4/c43-23-25-21-39(45-35-13-5-1-9-29(35)30-10-2-6-14-36(30)45)33-19-17-28-26(24-44)22-40(34-20-18-27(25)41(33)42(28)34)46-37-15-7-3-11-31(37)32-12-4-8-16-38(32)46/h1-17,19,21-22H,18,20H2. The van der Waals surface area contributed by atoms with Gasteiger partial charge in [0.05, 0.1) is 56.7 Å². The molecule has 2 aromatic heterocycles. The van der Waals surface area contributed by atoms with E-state index in [-0.39, 0.29) is 0 Å². The Labute approximate surface area is 264 Å². The first-order chi connectivity index (χ1) is 22.8. The molecule has 0 spiro atoms. The van der Waals surface area contributed by atoms with Gasteiger partial charge in [0.2, 0.25) is 0 Å². The molecule has 10 rings (SSSR count). The number of nitriles is 2. The maximum Gasteiger partial charge on any atom is 0.0998 e. The largest absolute Gasteiger partial charge is 0.309 e. The molecule has 7 aromatic carbocycles. The van der Waals surface area contributed by atoms with Crippen LogP contribution in [0.25, 0.3) is 76.5 Å². The first-order valence-electron chi connectivity index (χ1n) is 15.6. The second-order valence-electron chi connectivity index (χ2n) is 12.2. The summed E-state index contributed by atoms with van der Waals surface area (Å²) in [4.78, 5) is 0. The van der Waals surface area contributed by atoms with Crippen LogP contribution >= 0.6 is 0 Å². The van der Waals surface area contributed by atoms with E-state index in [1.165, 1.54) is 27.1 Å². The molecule has 4 heteroatoms. The van der Waals surface area contributed by atoms with Crippen molar-refractivity contribution in [2.45, 2.75) is 12.8 Å². The normalized spacial score (nSPS) is 12.6. The highest BCUT2D eigenvalue weighted by molar-refractivity contribution is 6.19. The number of aryl methyl sites for hydroxylation is 2. The lowest BCUT2D eigenvalue weighted by Gasteiger charge is -2.25. The molecule has 0 radical (unpaired) electrons. The fraction of sp³-hybridized carbons (Fsp3) is 0.0476. The molecule has 0 bridgehead atoms. The molecule has 212 valence electrons. The number of fused-ring (bicyclic) bond motifs is 6. The molecule has 0 unspecified atom stereocenters. The summed E-state index contributed by atoms with van der Waals surface area (Å²) >= 11 is 0. The van der Waals surface area contributed by atoms with Crippen LogP contribution in [-0.2, 0) is 12.8 Å². The van der Waals surface area contributed by atoms with E-state index in [1.54, 1.807) is 0 Å². The summed E-state index contributed by atoms with van der Waals surface area (Å²) in [5.41, 5.74) is 10.1. The monoisotopic (exact) mass is 584 g/mol. The predicted molar refractivity (Wildman–Crippen MR) is 187 cm³/mol. The SMILES string of the molecule is N#Cc1cc(-n2c3ccccc3c3ccccc32)c2ccc3c(C#N)cc(-n4c5ccccc5c5ccccc54)c4c3c2c1CC4. The van der Waals surface area contributed by atoms with Crippen LogP contribution in [-0.4, -0.2) is 9.13 Å². The Kier molecular flexibility index (Phi) is 4.94. The summed E-state index contributed by atoms with van der Waals surface area (Å²) in [6.45, 7) is 0. The highest BCUT2D eigenvalue weighted by atomic mass is 15.0. The van der Waals surface area contributed by atoms with Gasteiger partial charge < -0.3 is 9.13 Å². The van der Waals surface area contributed by atoms with Crippen molar-refractivity contribution in [1.29, 1.82) is 10.5 Å². The van der Waals surface area contributed by atoms with Gasteiger partial charge in [0.1, 0.15) is 0 Å². The minimum Gasteiger partial charge on any atom is -0.309 e. The van der Waals surface area contributed by atoms with Crippen molar-refractivity contribution in [3.05, 3.63) is 144 Å². The number of aromatic nitrogens is 2. The zero-order valence-corrected chi connectivity index (χ0v) is 24.8. The minimum absolute atomic E-state index is 0.645. The summed E-state index contributed by atoms with van der Waals surface area (Å²) in [6, 6.07) is 47.6. The Bertz CT molecular complexity index is 2780. The number of hydrogen-bond acceptors (Lipinski definition) is 2. The topological polar surface area (TPSA) is 57.4 Å². The molecule has 0 atom stereocenters. The Morgan fingerprint density at radius 3 is 1.35 bits per heavy atom. The van der Waals surface area contributed by atoms with Gasteiger partial charge in [-0.3, -0.25) is 0 Å². The van der Waals surface area contributed by atoms with Gasteiger partial charge in [0, 0.05) is 32.3 Å². The fourth-order valence-corrected chi connectivity index (χ4v) is 8.24. The number of nitrogens with zero attached hydrogens (tertiary/aromatic N) is 4. The molecule has 0 fully saturated rings. The molecule has 1 aliphatic carbocycles. The highest BCUT2D eigenvalue weighted by Crippen LogP contribution is 2.46. The average Bonchev–Trinajstić information content (AvgIpc) is 3.63. The third-order valence-electron chi connectivity index (χ3n) is 10.1. The lowest BCUT2D eigenvalue weighted by molar-refractivity contribution is 0.945. The van der Waals surface area contributed by atoms with E-state index in [4.69, 9.17) is 0 Å². The van der Waals surface area contributed by atoms with Crippen molar-refractivity contribution in [2.24, 2.45) is 0 Å². The molecule has 1 aliphatic rings. The third-order valence-corrected chi connectivity index (χ3v) is 10.1. The molecule has 0 saturated carbocycles. The van der Waals surface area contributed by atoms with Crippen LogP contribution < -0.4 is 0 Å². The Balaban J connectivity index is 1.41. The van der Waals surface area contributed by atoms with Crippen molar-refractivity contribution in [3.63, 3.8) is 0 Å². The molecule has 0 saturated heterocycles. The summed E-state index contributed by atoms with van der Waals surface area (Å²) in [5.74, 6) is 0. The van der Waals surface area contributed by atoms with Gasteiger partial charge >= 0.3 is 0 Å². The number of rotatable bonds is 2. The molecule has 0 N–H and O–H groups in total. The summed E-state index contributed by atoms with van der Waals surface area (Å²) in [7, 11) is 0. The first kappa shape index (κ1) is 25.0. The fourth-order valence-electron chi connectivity index (χ4n) is 8.24. The van der Waals surface area contributed by atoms with Crippen LogP contribution in [0.2, 0.25) is 0 Å². The van der Waals surface area contributed by atoms with Crippen LogP contribution in [0.5, 0.6) is 0 Å². The number of hydrogen-bond donors (Lipinski definition) is 0. The molecular formula is C42H24N4. The van der Waals surface area contributed by atoms with E-state index in [1.807, 2.05) is 0 Å². The van der Waals surface area contributed by atoms with E-state index < -0.39 is 0 Å². The van der Waals surface area contributed by atoms with E-state index in [0.29, 0.717) is 11.1 Å². The van der Waals surface area contributed by atoms with Crippen LogP contribution in [0.1, 0.15) is 22.3 Å². The molecule has 9 aromatic rings. The molecule has 4 nitrogen and oxygen atoms in total. The van der Waals surface area contributed by atoms with Crippen molar-refractivity contribution in [1.82, 2.24) is 9.13 Å². The van der Waals surface area contributed by atoms with Crippen LogP contribution in [0.3, 0.4) is 0 Å². The van der Waals surface area contributed by atoms with Crippen LogP contribution in [0, 0.1) is 22.7 Å². The zero-order valence-electron chi connectivity index (χ0n) is 24.8. The molecule has 0 amide bonds. The highest BCUT2D eigenvalue weighted by Gasteiger charge is 2.27. The van der Waals surface area contributed by atoms with Gasteiger partial charge in [0.25, 0.3) is 0 Å². The number of benzene rings is 7. The van der Waals surface area contributed by atoms with Gasteiger partial charge in [0.15, 0.2) is 0 Å². The van der Waals surface area contributed by atoms with Gasteiger partial charge in [-0.15, -0.1) is 0 Å². The predicted octanol–water partition coefficient (Wildman–Crippen LogP) is 10.0.